The molecular weight excluding hydrogens is 328 g/mol. The summed E-state index contributed by atoms with van der Waals surface area (Å²) in [6.45, 7) is 5.71. The van der Waals surface area contributed by atoms with E-state index >= 15 is 0 Å². The highest BCUT2D eigenvalue weighted by molar-refractivity contribution is 5.94. The molecule has 4 rings (SSSR count). The van der Waals surface area contributed by atoms with Gasteiger partial charge >= 0.3 is 0 Å². The SMILES string of the molecule is Cc1ccc(CN2CCC(CNC(=O)c3n[nH]c4c3CCCC4)CC2)o1. The molecule has 1 fully saturated rings. The van der Waals surface area contributed by atoms with E-state index in [0.29, 0.717) is 11.6 Å². The molecule has 6 heteroatoms. The first-order valence-corrected chi connectivity index (χ1v) is 9.81. The van der Waals surface area contributed by atoms with Crippen LogP contribution in [0.25, 0.3) is 0 Å². The van der Waals surface area contributed by atoms with Crippen molar-refractivity contribution in [3.8, 4) is 0 Å². The molecule has 2 aromatic rings. The van der Waals surface area contributed by atoms with Crippen molar-refractivity contribution in [1.29, 1.82) is 0 Å². The van der Waals surface area contributed by atoms with E-state index in [9.17, 15) is 4.79 Å². The molecule has 1 aliphatic heterocycles. The van der Waals surface area contributed by atoms with E-state index < -0.39 is 0 Å². The number of hydrogen-bond acceptors (Lipinski definition) is 4. The average Bonchev–Trinajstić information content (AvgIpc) is 3.27. The molecule has 0 saturated carbocycles. The Hall–Kier alpha value is -2.08. The summed E-state index contributed by atoms with van der Waals surface area (Å²) in [4.78, 5) is 14.9. The summed E-state index contributed by atoms with van der Waals surface area (Å²) < 4.78 is 5.67. The van der Waals surface area contributed by atoms with Crippen molar-refractivity contribution in [2.24, 2.45) is 5.92 Å². The van der Waals surface area contributed by atoms with Crippen LogP contribution in [0.4, 0.5) is 0 Å². The Bertz CT molecular complexity index is 756. The Balaban J connectivity index is 1.23. The van der Waals surface area contributed by atoms with Crippen molar-refractivity contribution in [3.05, 3.63) is 40.6 Å². The fourth-order valence-electron chi connectivity index (χ4n) is 4.13. The number of carbonyl (C=O) groups is 1. The Kier molecular flexibility index (Phi) is 5.11. The van der Waals surface area contributed by atoms with Crippen molar-refractivity contribution in [2.75, 3.05) is 19.6 Å². The maximum Gasteiger partial charge on any atom is 0.272 e. The van der Waals surface area contributed by atoms with Crippen LogP contribution in [0.3, 0.4) is 0 Å². The summed E-state index contributed by atoms with van der Waals surface area (Å²) >= 11 is 0. The number of likely N-dealkylation sites (tertiary alicyclic amines) is 1. The van der Waals surface area contributed by atoms with Gasteiger partial charge in [-0.05, 0) is 76.6 Å². The molecule has 0 bridgehead atoms. The van der Waals surface area contributed by atoms with Gasteiger partial charge in [0.1, 0.15) is 11.5 Å². The van der Waals surface area contributed by atoms with E-state index in [1.807, 2.05) is 13.0 Å². The average molecular weight is 356 g/mol. The number of hydrogen-bond donors (Lipinski definition) is 2. The van der Waals surface area contributed by atoms with E-state index in [2.05, 4.69) is 26.5 Å². The fourth-order valence-corrected chi connectivity index (χ4v) is 4.13. The molecule has 2 aliphatic rings. The molecular formula is C20H28N4O2. The van der Waals surface area contributed by atoms with E-state index in [4.69, 9.17) is 4.42 Å². The lowest BCUT2D eigenvalue weighted by molar-refractivity contribution is 0.0928. The van der Waals surface area contributed by atoms with Gasteiger partial charge in [-0.15, -0.1) is 0 Å². The van der Waals surface area contributed by atoms with Crippen molar-refractivity contribution in [3.63, 3.8) is 0 Å². The number of H-pyrrole nitrogens is 1. The summed E-state index contributed by atoms with van der Waals surface area (Å²) in [7, 11) is 0. The third-order valence-corrected chi connectivity index (χ3v) is 5.71. The number of rotatable bonds is 5. The number of carbonyl (C=O) groups excluding carboxylic acids is 1. The van der Waals surface area contributed by atoms with E-state index in [-0.39, 0.29) is 5.91 Å². The van der Waals surface area contributed by atoms with Crippen LogP contribution in [0.1, 0.15) is 58.9 Å². The van der Waals surface area contributed by atoms with Crippen LogP contribution in [0.15, 0.2) is 16.5 Å². The molecule has 0 atom stereocenters. The van der Waals surface area contributed by atoms with E-state index in [1.54, 1.807) is 0 Å². The highest BCUT2D eigenvalue weighted by Crippen LogP contribution is 2.23. The Morgan fingerprint density at radius 2 is 2.12 bits per heavy atom. The number of aryl methyl sites for hydroxylation is 2. The highest BCUT2D eigenvalue weighted by Gasteiger charge is 2.24. The smallest absolute Gasteiger partial charge is 0.272 e. The normalized spacial score (nSPS) is 18.7. The van der Waals surface area contributed by atoms with Gasteiger partial charge in [-0.2, -0.15) is 5.10 Å². The molecule has 2 aromatic heterocycles. The van der Waals surface area contributed by atoms with Gasteiger partial charge in [0.15, 0.2) is 5.69 Å². The summed E-state index contributed by atoms with van der Waals surface area (Å²) in [6.07, 6.45) is 6.55. The van der Waals surface area contributed by atoms with E-state index in [0.717, 1.165) is 81.1 Å². The number of nitrogens with zero attached hydrogens (tertiary/aromatic N) is 2. The fraction of sp³-hybridized carbons (Fsp3) is 0.600. The second-order valence-corrected chi connectivity index (χ2v) is 7.68. The topological polar surface area (TPSA) is 74.2 Å². The van der Waals surface area contributed by atoms with Gasteiger partial charge in [0.05, 0.1) is 6.54 Å². The minimum absolute atomic E-state index is 0.0158. The Morgan fingerprint density at radius 3 is 2.88 bits per heavy atom. The van der Waals surface area contributed by atoms with Crippen LogP contribution in [0, 0.1) is 12.8 Å². The van der Waals surface area contributed by atoms with Crippen LogP contribution in [0.5, 0.6) is 0 Å². The number of aromatic nitrogens is 2. The standard InChI is InChI=1S/C20H28N4O2/c1-14-6-7-16(26-14)13-24-10-8-15(9-11-24)12-21-20(25)19-17-4-2-3-5-18(17)22-23-19/h6-7,15H,2-5,8-13H2,1H3,(H,21,25)(H,22,23). The lowest BCUT2D eigenvalue weighted by Gasteiger charge is -2.31. The van der Waals surface area contributed by atoms with Gasteiger partial charge in [0.25, 0.3) is 5.91 Å². The zero-order valence-electron chi connectivity index (χ0n) is 15.5. The lowest BCUT2D eigenvalue weighted by atomic mass is 9.95. The zero-order chi connectivity index (χ0) is 17.9. The molecule has 1 aliphatic carbocycles. The van der Waals surface area contributed by atoms with Crippen molar-refractivity contribution < 1.29 is 9.21 Å². The number of furan rings is 1. The van der Waals surface area contributed by atoms with E-state index in [1.165, 1.54) is 6.42 Å². The number of amides is 1. The number of aromatic amines is 1. The molecule has 3 heterocycles. The van der Waals surface area contributed by atoms with Gasteiger partial charge in [0.2, 0.25) is 0 Å². The van der Waals surface area contributed by atoms with Gasteiger partial charge in [-0.1, -0.05) is 0 Å². The highest BCUT2D eigenvalue weighted by atomic mass is 16.3. The summed E-state index contributed by atoms with van der Waals surface area (Å²) in [5.74, 6) is 2.54. The maximum absolute atomic E-state index is 12.5. The first-order valence-electron chi connectivity index (χ1n) is 9.81. The second kappa shape index (κ2) is 7.66. The number of piperidine rings is 1. The Labute approximate surface area is 154 Å². The van der Waals surface area contributed by atoms with Crippen LogP contribution in [0.2, 0.25) is 0 Å². The Morgan fingerprint density at radius 1 is 1.31 bits per heavy atom. The van der Waals surface area contributed by atoms with Crippen molar-refractivity contribution in [2.45, 2.75) is 52.0 Å². The van der Waals surface area contributed by atoms with Crippen LogP contribution >= 0.6 is 0 Å². The minimum Gasteiger partial charge on any atom is -0.465 e. The van der Waals surface area contributed by atoms with Crippen LogP contribution < -0.4 is 5.32 Å². The molecule has 1 amide bonds. The third-order valence-electron chi connectivity index (χ3n) is 5.71. The molecule has 0 radical (unpaired) electrons. The monoisotopic (exact) mass is 356 g/mol. The first kappa shape index (κ1) is 17.3. The van der Waals surface area contributed by atoms with Crippen LogP contribution in [-0.2, 0) is 19.4 Å². The molecule has 0 unspecified atom stereocenters. The van der Waals surface area contributed by atoms with Gasteiger partial charge in [0, 0.05) is 17.8 Å². The lowest BCUT2D eigenvalue weighted by Crippen LogP contribution is -2.38. The molecule has 140 valence electrons. The molecule has 2 N–H and O–H groups in total. The first-order chi connectivity index (χ1) is 12.7. The van der Waals surface area contributed by atoms with Gasteiger partial charge < -0.3 is 9.73 Å². The maximum atomic E-state index is 12.5. The third kappa shape index (κ3) is 3.85. The summed E-state index contributed by atoms with van der Waals surface area (Å²) in [6, 6.07) is 4.08. The predicted octanol–water partition coefficient (Wildman–Crippen LogP) is 2.83. The number of nitrogens with one attached hydrogen (secondary N) is 2. The quantitative estimate of drug-likeness (QED) is 0.864. The summed E-state index contributed by atoms with van der Waals surface area (Å²) in [5.41, 5.74) is 2.91. The zero-order valence-corrected chi connectivity index (χ0v) is 15.5. The van der Waals surface area contributed by atoms with Crippen molar-refractivity contribution in [1.82, 2.24) is 20.4 Å². The molecule has 0 aromatic carbocycles. The minimum atomic E-state index is -0.0158. The van der Waals surface area contributed by atoms with Crippen molar-refractivity contribution >= 4 is 5.91 Å². The second-order valence-electron chi connectivity index (χ2n) is 7.68. The summed E-state index contributed by atoms with van der Waals surface area (Å²) in [5, 5.41) is 10.4. The van der Waals surface area contributed by atoms with Gasteiger partial charge in [-0.25, -0.2) is 0 Å². The molecule has 6 nitrogen and oxygen atoms in total. The van der Waals surface area contributed by atoms with Crippen LogP contribution in [-0.4, -0.2) is 40.6 Å². The molecule has 26 heavy (non-hydrogen) atoms. The van der Waals surface area contributed by atoms with Gasteiger partial charge in [-0.3, -0.25) is 14.8 Å². The molecule has 1 saturated heterocycles. The predicted molar refractivity (Wildman–Crippen MR) is 99.0 cm³/mol. The number of fused-ring (bicyclic) bond motifs is 1. The molecule has 0 spiro atoms. The largest absolute Gasteiger partial charge is 0.465 e.